The molecule has 0 saturated heterocycles. The van der Waals surface area contributed by atoms with Crippen LogP contribution in [0.3, 0.4) is 0 Å². The Morgan fingerprint density at radius 3 is 2.30 bits per heavy atom. The van der Waals surface area contributed by atoms with Crippen LogP contribution in [0.25, 0.3) is 11.1 Å². The second-order valence-corrected chi connectivity index (χ2v) is 8.17. The zero-order valence-corrected chi connectivity index (χ0v) is 16.8. The first-order valence-electron chi connectivity index (χ1n) is 10.5. The fourth-order valence-corrected chi connectivity index (χ4v) is 4.06. The van der Waals surface area contributed by atoms with E-state index in [0.717, 1.165) is 48.2 Å². The average Bonchev–Trinajstić information content (AvgIpc) is 3.64. The molecule has 1 aliphatic carbocycles. The van der Waals surface area contributed by atoms with E-state index in [1.807, 2.05) is 59.5 Å². The van der Waals surface area contributed by atoms with Gasteiger partial charge in [0, 0.05) is 30.3 Å². The molecule has 5 rings (SSSR count). The van der Waals surface area contributed by atoms with E-state index in [1.165, 1.54) is 5.56 Å². The standard InChI is InChI=1S/C26H24N2O2/c29-25(21-8-6-19(7-9-21)18-4-2-1-3-5-18)27-24-13-12-20-14-15-28(17-23(20)16-24)26(30)22-10-11-22/h1-9,12-13,16,22H,10-11,14-15,17H2,(H,27,29). The maximum Gasteiger partial charge on any atom is 0.255 e. The fourth-order valence-electron chi connectivity index (χ4n) is 4.06. The summed E-state index contributed by atoms with van der Waals surface area (Å²) >= 11 is 0. The fraction of sp³-hybridized carbons (Fsp3) is 0.231. The first-order chi connectivity index (χ1) is 14.7. The molecule has 4 heteroatoms. The van der Waals surface area contributed by atoms with Gasteiger partial charge in [0.25, 0.3) is 5.91 Å². The Hall–Kier alpha value is -3.40. The highest BCUT2D eigenvalue weighted by atomic mass is 16.2. The Morgan fingerprint density at radius 2 is 1.57 bits per heavy atom. The van der Waals surface area contributed by atoms with Crippen LogP contribution in [-0.2, 0) is 17.8 Å². The molecule has 0 spiro atoms. The van der Waals surface area contributed by atoms with Gasteiger partial charge in [-0.1, -0.05) is 48.5 Å². The number of hydrogen-bond acceptors (Lipinski definition) is 2. The number of nitrogens with zero attached hydrogens (tertiary/aromatic N) is 1. The molecular formula is C26H24N2O2. The van der Waals surface area contributed by atoms with E-state index in [1.54, 1.807) is 0 Å². The third-order valence-corrected chi connectivity index (χ3v) is 5.97. The molecule has 150 valence electrons. The van der Waals surface area contributed by atoms with Gasteiger partial charge in [-0.25, -0.2) is 0 Å². The number of nitrogens with one attached hydrogen (secondary N) is 1. The summed E-state index contributed by atoms with van der Waals surface area (Å²) in [7, 11) is 0. The third-order valence-electron chi connectivity index (χ3n) is 5.97. The van der Waals surface area contributed by atoms with Crippen molar-refractivity contribution in [2.45, 2.75) is 25.8 Å². The molecule has 0 bridgehead atoms. The van der Waals surface area contributed by atoms with Crippen molar-refractivity contribution >= 4 is 17.5 Å². The first kappa shape index (κ1) is 18.6. The summed E-state index contributed by atoms with van der Waals surface area (Å²) in [6.45, 7) is 1.43. The van der Waals surface area contributed by atoms with Gasteiger partial charge in [-0.05, 0) is 65.8 Å². The Labute approximate surface area is 176 Å². The molecule has 0 atom stereocenters. The molecule has 1 N–H and O–H groups in total. The lowest BCUT2D eigenvalue weighted by molar-refractivity contribution is -0.133. The smallest absolute Gasteiger partial charge is 0.255 e. The molecule has 1 aliphatic heterocycles. The minimum atomic E-state index is -0.128. The maximum atomic E-state index is 12.7. The van der Waals surface area contributed by atoms with Gasteiger partial charge in [0.1, 0.15) is 0 Å². The minimum Gasteiger partial charge on any atom is -0.338 e. The predicted octanol–water partition coefficient (Wildman–Crippen LogP) is 4.90. The second kappa shape index (κ2) is 7.79. The highest BCUT2D eigenvalue weighted by Crippen LogP contribution is 2.33. The van der Waals surface area contributed by atoms with Crippen LogP contribution in [-0.4, -0.2) is 23.3 Å². The van der Waals surface area contributed by atoms with Crippen LogP contribution < -0.4 is 5.32 Å². The molecule has 1 saturated carbocycles. The summed E-state index contributed by atoms with van der Waals surface area (Å²) in [5.41, 5.74) is 6.00. The zero-order valence-electron chi connectivity index (χ0n) is 16.8. The summed E-state index contributed by atoms with van der Waals surface area (Å²) in [6.07, 6.45) is 2.94. The van der Waals surface area contributed by atoms with Crippen molar-refractivity contribution in [3.8, 4) is 11.1 Å². The molecule has 0 radical (unpaired) electrons. The van der Waals surface area contributed by atoms with E-state index in [4.69, 9.17) is 0 Å². The van der Waals surface area contributed by atoms with Gasteiger partial charge in [0.2, 0.25) is 5.91 Å². The monoisotopic (exact) mass is 396 g/mol. The summed E-state index contributed by atoms with van der Waals surface area (Å²) in [5.74, 6) is 0.401. The van der Waals surface area contributed by atoms with E-state index >= 15 is 0 Å². The lowest BCUT2D eigenvalue weighted by Gasteiger charge is -2.29. The minimum absolute atomic E-state index is 0.128. The van der Waals surface area contributed by atoms with Crippen LogP contribution in [0, 0.1) is 5.92 Å². The number of hydrogen-bond donors (Lipinski definition) is 1. The van der Waals surface area contributed by atoms with Crippen LogP contribution in [0.5, 0.6) is 0 Å². The summed E-state index contributed by atoms with van der Waals surface area (Å²) in [5, 5.41) is 3.00. The van der Waals surface area contributed by atoms with Crippen LogP contribution in [0.15, 0.2) is 72.8 Å². The van der Waals surface area contributed by atoms with Crippen molar-refractivity contribution in [1.82, 2.24) is 4.90 Å². The van der Waals surface area contributed by atoms with Crippen molar-refractivity contribution in [1.29, 1.82) is 0 Å². The van der Waals surface area contributed by atoms with E-state index < -0.39 is 0 Å². The number of amides is 2. The zero-order chi connectivity index (χ0) is 20.5. The van der Waals surface area contributed by atoms with Gasteiger partial charge in [0.15, 0.2) is 0 Å². The molecule has 30 heavy (non-hydrogen) atoms. The van der Waals surface area contributed by atoms with Crippen molar-refractivity contribution in [2.24, 2.45) is 5.92 Å². The number of carbonyl (C=O) groups is 2. The largest absolute Gasteiger partial charge is 0.338 e. The molecule has 3 aromatic rings. The molecule has 2 aliphatic rings. The second-order valence-electron chi connectivity index (χ2n) is 8.17. The molecule has 4 nitrogen and oxygen atoms in total. The van der Waals surface area contributed by atoms with Gasteiger partial charge in [-0.2, -0.15) is 0 Å². The van der Waals surface area contributed by atoms with Crippen molar-refractivity contribution in [3.63, 3.8) is 0 Å². The number of fused-ring (bicyclic) bond motifs is 1. The highest BCUT2D eigenvalue weighted by Gasteiger charge is 2.34. The number of carbonyl (C=O) groups excluding carboxylic acids is 2. The molecule has 0 unspecified atom stereocenters. The van der Waals surface area contributed by atoms with E-state index in [0.29, 0.717) is 12.1 Å². The SMILES string of the molecule is O=C(Nc1ccc2c(c1)CN(C(=O)C1CC1)CC2)c1ccc(-c2ccccc2)cc1. The van der Waals surface area contributed by atoms with Gasteiger partial charge < -0.3 is 10.2 Å². The highest BCUT2D eigenvalue weighted by molar-refractivity contribution is 6.04. The normalized spacial score (nSPS) is 15.4. The van der Waals surface area contributed by atoms with Crippen LogP contribution >= 0.6 is 0 Å². The molecule has 1 fully saturated rings. The van der Waals surface area contributed by atoms with Crippen molar-refractivity contribution in [3.05, 3.63) is 89.5 Å². The van der Waals surface area contributed by atoms with Crippen LogP contribution in [0.1, 0.15) is 34.3 Å². The van der Waals surface area contributed by atoms with E-state index in [2.05, 4.69) is 23.5 Å². The van der Waals surface area contributed by atoms with Gasteiger partial charge in [-0.15, -0.1) is 0 Å². The lowest BCUT2D eigenvalue weighted by atomic mass is 9.98. The Bertz CT molecular complexity index is 1090. The third kappa shape index (κ3) is 3.86. The molecule has 3 aromatic carbocycles. The number of benzene rings is 3. The van der Waals surface area contributed by atoms with E-state index in [9.17, 15) is 9.59 Å². The Morgan fingerprint density at radius 1 is 0.833 bits per heavy atom. The topological polar surface area (TPSA) is 49.4 Å². The van der Waals surface area contributed by atoms with Gasteiger partial charge in [-0.3, -0.25) is 9.59 Å². The number of rotatable bonds is 4. The molecule has 0 aromatic heterocycles. The summed E-state index contributed by atoms with van der Waals surface area (Å²) < 4.78 is 0. The van der Waals surface area contributed by atoms with E-state index in [-0.39, 0.29) is 17.7 Å². The van der Waals surface area contributed by atoms with Crippen LogP contribution in [0.4, 0.5) is 5.69 Å². The van der Waals surface area contributed by atoms with Gasteiger partial charge in [0.05, 0.1) is 0 Å². The Balaban J connectivity index is 1.28. The predicted molar refractivity (Wildman–Crippen MR) is 118 cm³/mol. The molecule has 2 amide bonds. The quantitative estimate of drug-likeness (QED) is 0.682. The Kier molecular flexibility index (Phi) is 4.83. The number of anilines is 1. The summed E-state index contributed by atoms with van der Waals surface area (Å²) in [6, 6.07) is 23.8. The first-order valence-corrected chi connectivity index (χ1v) is 10.5. The van der Waals surface area contributed by atoms with Crippen molar-refractivity contribution < 1.29 is 9.59 Å². The lowest BCUT2D eigenvalue weighted by Crippen LogP contribution is -2.36. The average molecular weight is 396 g/mol. The van der Waals surface area contributed by atoms with Crippen LogP contribution in [0.2, 0.25) is 0 Å². The van der Waals surface area contributed by atoms with Gasteiger partial charge >= 0.3 is 0 Å². The molecule has 1 heterocycles. The summed E-state index contributed by atoms with van der Waals surface area (Å²) in [4.78, 5) is 27.1. The van der Waals surface area contributed by atoms with Crippen molar-refractivity contribution in [2.75, 3.05) is 11.9 Å². The maximum absolute atomic E-state index is 12.7. The molecular weight excluding hydrogens is 372 g/mol.